The van der Waals surface area contributed by atoms with Gasteiger partial charge in [0.05, 0.1) is 11.6 Å². The van der Waals surface area contributed by atoms with Crippen molar-refractivity contribution in [2.24, 2.45) is 5.73 Å². The summed E-state index contributed by atoms with van der Waals surface area (Å²) in [5, 5.41) is 5.03. The highest BCUT2D eigenvalue weighted by molar-refractivity contribution is 7.10. The SMILES string of the molecule is Cc1ccsc1C(C(C)N)N1CCNC(=O)C1(C)C. The number of thiophene rings is 1. The fourth-order valence-electron chi connectivity index (χ4n) is 2.75. The summed E-state index contributed by atoms with van der Waals surface area (Å²) < 4.78 is 0. The standard InChI is InChI=1S/C14H23N3OS/c1-9-5-8-19-12(9)11(10(2)15)17-7-6-16-13(18)14(17,3)4/h5,8,10-11H,6-7,15H2,1-4H3,(H,16,18). The Morgan fingerprint density at radius 1 is 1.53 bits per heavy atom. The van der Waals surface area contributed by atoms with Gasteiger partial charge in [-0.2, -0.15) is 0 Å². The Hall–Kier alpha value is -0.910. The van der Waals surface area contributed by atoms with Gasteiger partial charge in [-0.25, -0.2) is 0 Å². The quantitative estimate of drug-likeness (QED) is 0.886. The Balaban J connectivity index is 2.40. The molecule has 0 aliphatic carbocycles. The van der Waals surface area contributed by atoms with E-state index < -0.39 is 5.54 Å². The van der Waals surface area contributed by atoms with Crippen LogP contribution in [0.15, 0.2) is 11.4 Å². The van der Waals surface area contributed by atoms with Gasteiger partial charge in [-0.15, -0.1) is 11.3 Å². The Labute approximate surface area is 119 Å². The smallest absolute Gasteiger partial charge is 0.240 e. The number of carbonyl (C=O) groups is 1. The molecule has 1 aromatic heterocycles. The maximum absolute atomic E-state index is 12.1. The second kappa shape index (κ2) is 5.23. The molecule has 5 heteroatoms. The van der Waals surface area contributed by atoms with Gasteiger partial charge in [0.1, 0.15) is 0 Å². The maximum atomic E-state index is 12.1. The molecule has 106 valence electrons. The minimum Gasteiger partial charge on any atom is -0.353 e. The van der Waals surface area contributed by atoms with Gasteiger partial charge in [-0.05, 0) is 44.7 Å². The molecule has 1 saturated heterocycles. The van der Waals surface area contributed by atoms with E-state index in [1.807, 2.05) is 20.8 Å². The molecule has 0 bridgehead atoms. The maximum Gasteiger partial charge on any atom is 0.240 e. The molecule has 0 radical (unpaired) electrons. The van der Waals surface area contributed by atoms with E-state index in [-0.39, 0.29) is 18.0 Å². The average Bonchev–Trinajstić information content (AvgIpc) is 2.71. The lowest BCUT2D eigenvalue weighted by molar-refractivity contribution is -0.137. The molecule has 1 amide bonds. The molecule has 1 aliphatic rings. The average molecular weight is 281 g/mol. The van der Waals surface area contributed by atoms with Crippen LogP contribution in [0.2, 0.25) is 0 Å². The zero-order chi connectivity index (χ0) is 14.2. The third-order valence-electron chi connectivity index (χ3n) is 3.92. The monoisotopic (exact) mass is 281 g/mol. The van der Waals surface area contributed by atoms with Crippen molar-refractivity contribution >= 4 is 17.2 Å². The number of hydrogen-bond donors (Lipinski definition) is 2. The Bertz CT molecular complexity index is 467. The fraction of sp³-hybridized carbons (Fsp3) is 0.643. The topological polar surface area (TPSA) is 58.4 Å². The highest BCUT2D eigenvalue weighted by Crippen LogP contribution is 2.36. The second-order valence-electron chi connectivity index (χ2n) is 5.78. The Morgan fingerprint density at radius 2 is 2.21 bits per heavy atom. The van der Waals surface area contributed by atoms with E-state index in [0.717, 1.165) is 6.54 Å². The highest BCUT2D eigenvalue weighted by Gasteiger charge is 2.43. The number of aryl methyl sites for hydroxylation is 1. The van der Waals surface area contributed by atoms with Gasteiger partial charge < -0.3 is 11.1 Å². The zero-order valence-corrected chi connectivity index (χ0v) is 12.9. The lowest BCUT2D eigenvalue weighted by atomic mass is 9.92. The normalized spacial score (nSPS) is 22.9. The molecule has 1 aromatic rings. The zero-order valence-electron chi connectivity index (χ0n) is 12.1. The molecule has 19 heavy (non-hydrogen) atoms. The summed E-state index contributed by atoms with van der Waals surface area (Å²) >= 11 is 1.73. The number of carbonyl (C=O) groups excluding carboxylic acids is 1. The molecule has 1 fully saturated rings. The minimum atomic E-state index is -0.521. The fourth-order valence-corrected chi connectivity index (χ4v) is 3.91. The lowest BCUT2D eigenvalue weighted by Crippen LogP contribution is -2.64. The van der Waals surface area contributed by atoms with E-state index in [2.05, 4.69) is 28.6 Å². The predicted molar refractivity (Wildman–Crippen MR) is 79.2 cm³/mol. The van der Waals surface area contributed by atoms with Crippen LogP contribution in [0.1, 0.15) is 37.3 Å². The van der Waals surface area contributed by atoms with E-state index in [1.165, 1.54) is 10.4 Å². The summed E-state index contributed by atoms with van der Waals surface area (Å²) in [7, 11) is 0. The van der Waals surface area contributed by atoms with Gasteiger partial charge in [0.15, 0.2) is 0 Å². The van der Waals surface area contributed by atoms with Crippen molar-refractivity contribution in [3.63, 3.8) is 0 Å². The van der Waals surface area contributed by atoms with Crippen molar-refractivity contribution < 1.29 is 4.79 Å². The van der Waals surface area contributed by atoms with Gasteiger partial charge in [0.25, 0.3) is 0 Å². The number of piperazine rings is 1. The summed E-state index contributed by atoms with van der Waals surface area (Å²) in [4.78, 5) is 15.6. The summed E-state index contributed by atoms with van der Waals surface area (Å²) in [6.45, 7) is 9.60. The molecule has 2 rings (SSSR count). The number of nitrogens with zero attached hydrogens (tertiary/aromatic N) is 1. The molecule has 3 N–H and O–H groups in total. The number of rotatable bonds is 3. The van der Waals surface area contributed by atoms with Crippen molar-refractivity contribution in [2.45, 2.75) is 45.3 Å². The predicted octanol–water partition coefficient (Wildman–Crippen LogP) is 1.66. The summed E-state index contributed by atoms with van der Waals surface area (Å²) in [5.74, 6) is 0.0820. The minimum absolute atomic E-state index is 0.0116. The van der Waals surface area contributed by atoms with Crippen LogP contribution in [0.3, 0.4) is 0 Å². The molecular weight excluding hydrogens is 258 g/mol. The third-order valence-corrected chi connectivity index (χ3v) is 5.01. The van der Waals surface area contributed by atoms with Crippen LogP contribution in [0, 0.1) is 6.92 Å². The first-order valence-electron chi connectivity index (χ1n) is 6.70. The van der Waals surface area contributed by atoms with Crippen molar-refractivity contribution in [1.29, 1.82) is 0 Å². The van der Waals surface area contributed by atoms with Gasteiger partial charge in [-0.1, -0.05) is 0 Å². The number of nitrogens with one attached hydrogen (secondary N) is 1. The number of amides is 1. The third kappa shape index (κ3) is 2.55. The van der Waals surface area contributed by atoms with Crippen LogP contribution in [0.25, 0.3) is 0 Å². The molecular formula is C14H23N3OS. The van der Waals surface area contributed by atoms with Crippen molar-refractivity contribution in [1.82, 2.24) is 10.2 Å². The van der Waals surface area contributed by atoms with Crippen LogP contribution in [-0.2, 0) is 4.79 Å². The summed E-state index contributed by atoms with van der Waals surface area (Å²) in [6.07, 6.45) is 0. The van der Waals surface area contributed by atoms with Crippen LogP contribution >= 0.6 is 11.3 Å². The number of hydrogen-bond acceptors (Lipinski definition) is 4. The van der Waals surface area contributed by atoms with Gasteiger partial charge in [0.2, 0.25) is 5.91 Å². The first kappa shape index (κ1) is 14.5. The summed E-state index contributed by atoms with van der Waals surface area (Å²) in [6, 6.07) is 2.20. The molecule has 2 atom stereocenters. The first-order valence-corrected chi connectivity index (χ1v) is 7.58. The van der Waals surface area contributed by atoms with E-state index in [4.69, 9.17) is 5.73 Å². The van der Waals surface area contributed by atoms with Crippen LogP contribution in [0.4, 0.5) is 0 Å². The first-order chi connectivity index (χ1) is 8.85. The highest BCUT2D eigenvalue weighted by atomic mass is 32.1. The lowest BCUT2D eigenvalue weighted by Gasteiger charge is -2.47. The van der Waals surface area contributed by atoms with Crippen molar-refractivity contribution in [2.75, 3.05) is 13.1 Å². The molecule has 1 aliphatic heterocycles. The molecule has 4 nitrogen and oxygen atoms in total. The van der Waals surface area contributed by atoms with Crippen LogP contribution in [-0.4, -0.2) is 35.5 Å². The molecule has 2 unspecified atom stereocenters. The van der Waals surface area contributed by atoms with Crippen molar-refractivity contribution in [3.8, 4) is 0 Å². The van der Waals surface area contributed by atoms with E-state index >= 15 is 0 Å². The van der Waals surface area contributed by atoms with Crippen LogP contribution < -0.4 is 11.1 Å². The van der Waals surface area contributed by atoms with Gasteiger partial charge in [-0.3, -0.25) is 9.69 Å². The van der Waals surface area contributed by atoms with E-state index in [9.17, 15) is 4.79 Å². The van der Waals surface area contributed by atoms with Gasteiger partial charge >= 0.3 is 0 Å². The van der Waals surface area contributed by atoms with Crippen molar-refractivity contribution in [3.05, 3.63) is 21.9 Å². The van der Waals surface area contributed by atoms with Crippen LogP contribution in [0.5, 0.6) is 0 Å². The Kier molecular flexibility index (Phi) is 3.99. The molecule has 0 saturated carbocycles. The van der Waals surface area contributed by atoms with E-state index in [0.29, 0.717) is 6.54 Å². The van der Waals surface area contributed by atoms with E-state index in [1.54, 1.807) is 11.3 Å². The molecule has 0 spiro atoms. The van der Waals surface area contributed by atoms with Gasteiger partial charge in [0, 0.05) is 24.0 Å². The summed E-state index contributed by atoms with van der Waals surface area (Å²) in [5.41, 5.74) is 6.96. The number of nitrogens with two attached hydrogens (primary N) is 1. The second-order valence-corrected chi connectivity index (χ2v) is 6.73. The largest absolute Gasteiger partial charge is 0.353 e. The Morgan fingerprint density at radius 3 is 2.74 bits per heavy atom. The molecule has 2 heterocycles. The molecule has 0 aromatic carbocycles.